The second kappa shape index (κ2) is 5.93. The van der Waals surface area contributed by atoms with Gasteiger partial charge in [0.1, 0.15) is 11.4 Å². The molecule has 5 nitrogen and oxygen atoms in total. The zero-order chi connectivity index (χ0) is 15.6. The van der Waals surface area contributed by atoms with Gasteiger partial charge in [-0.2, -0.15) is 0 Å². The molecule has 0 aliphatic carbocycles. The Balaban J connectivity index is 2.08. The molecule has 114 valence electrons. The van der Waals surface area contributed by atoms with Crippen molar-refractivity contribution < 1.29 is 19.1 Å². The summed E-state index contributed by atoms with van der Waals surface area (Å²) < 4.78 is 10.6. The van der Waals surface area contributed by atoms with Gasteiger partial charge >= 0.3 is 5.97 Å². The monoisotopic (exact) mass is 311 g/mol. The number of nitrogens with zero attached hydrogens (tertiary/aromatic N) is 1. The Kier molecular flexibility index (Phi) is 4.42. The number of halogens is 1. The van der Waals surface area contributed by atoms with E-state index in [1.165, 1.54) is 4.90 Å². The maximum Gasteiger partial charge on any atom is 0.308 e. The minimum atomic E-state index is -0.534. The molecule has 1 amide bonds. The summed E-state index contributed by atoms with van der Waals surface area (Å²) >= 11 is 5.95. The molecule has 6 heteroatoms. The fourth-order valence-electron chi connectivity index (χ4n) is 2.02. The zero-order valence-corrected chi connectivity index (χ0v) is 13.1. The fraction of sp³-hybridized carbons (Fsp3) is 0.467. The lowest BCUT2D eigenvalue weighted by Crippen LogP contribution is -2.40. The van der Waals surface area contributed by atoms with Gasteiger partial charge in [0.15, 0.2) is 6.61 Å². The van der Waals surface area contributed by atoms with Crippen molar-refractivity contribution in [1.82, 2.24) is 0 Å². The summed E-state index contributed by atoms with van der Waals surface area (Å²) in [6.45, 7) is 5.62. The largest absolute Gasteiger partial charge is 0.482 e. The molecule has 0 radical (unpaired) electrons. The fourth-order valence-corrected chi connectivity index (χ4v) is 2.18. The Morgan fingerprint density at radius 3 is 2.81 bits per heavy atom. The summed E-state index contributed by atoms with van der Waals surface area (Å²) in [7, 11) is 0. The molecule has 1 aromatic rings. The highest BCUT2D eigenvalue weighted by Crippen LogP contribution is 2.34. The minimum absolute atomic E-state index is 0.0387. The third-order valence-electron chi connectivity index (χ3n) is 2.82. The molecular weight excluding hydrogens is 294 g/mol. The van der Waals surface area contributed by atoms with E-state index in [4.69, 9.17) is 21.1 Å². The van der Waals surface area contributed by atoms with Crippen molar-refractivity contribution in [2.75, 3.05) is 18.1 Å². The highest BCUT2D eigenvalue weighted by Gasteiger charge is 2.27. The standard InChI is InChI=1S/C15H18ClNO4/c1-15(2,3)21-14(19)6-7-17-11-8-10(16)4-5-12(11)20-9-13(17)18/h4-5,8H,6-7,9H2,1-3H3. The highest BCUT2D eigenvalue weighted by molar-refractivity contribution is 6.31. The lowest BCUT2D eigenvalue weighted by atomic mass is 10.2. The molecule has 0 fully saturated rings. The summed E-state index contributed by atoms with van der Waals surface area (Å²) in [5.41, 5.74) is 0.0511. The number of rotatable bonds is 3. The molecular formula is C15H18ClNO4. The summed E-state index contributed by atoms with van der Waals surface area (Å²) in [5, 5.41) is 0.509. The van der Waals surface area contributed by atoms with Crippen LogP contribution in [0.25, 0.3) is 0 Å². The summed E-state index contributed by atoms with van der Waals surface area (Å²) in [6.07, 6.45) is 0.120. The van der Waals surface area contributed by atoms with Crippen LogP contribution in [-0.2, 0) is 14.3 Å². The van der Waals surface area contributed by atoms with E-state index in [0.717, 1.165) is 0 Å². The summed E-state index contributed by atoms with van der Waals surface area (Å²) in [4.78, 5) is 25.2. The number of ether oxygens (including phenoxy) is 2. The minimum Gasteiger partial charge on any atom is -0.482 e. The number of esters is 1. The number of hydrogen-bond donors (Lipinski definition) is 0. The van der Waals surface area contributed by atoms with Crippen LogP contribution in [-0.4, -0.2) is 30.6 Å². The SMILES string of the molecule is CC(C)(C)OC(=O)CCN1C(=O)COc2ccc(Cl)cc21. The second-order valence-electron chi connectivity index (χ2n) is 5.78. The van der Waals surface area contributed by atoms with Gasteiger partial charge in [0, 0.05) is 11.6 Å². The van der Waals surface area contributed by atoms with Crippen LogP contribution in [0.4, 0.5) is 5.69 Å². The third kappa shape index (κ3) is 4.11. The van der Waals surface area contributed by atoms with Crippen molar-refractivity contribution in [2.24, 2.45) is 0 Å². The van der Waals surface area contributed by atoms with Crippen molar-refractivity contribution in [3.05, 3.63) is 23.2 Å². The van der Waals surface area contributed by atoms with E-state index < -0.39 is 5.60 Å². The number of carbonyl (C=O) groups is 2. The molecule has 0 spiro atoms. The van der Waals surface area contributed by atoms with Crippen LogP contribution in [0.15, 0.2) is 18.2 Å². The van der Waals surface area contributed by atoms with Crippen LogP contribution in [0.1, 0.15) is 27.2 Å². The molecule has 1 aliphatic rings. The van der Waals surface area contributed by atoms with Crippen molar-refractivity contribution >= 4 is 29.2 Å². The second-order valence-corrected chi connectivity index (χ2v) is 6.22. The molecule has 1 heterocycles. The lowest BCUT2D eigenvalue weighted by molar-refractivity contribution is -0.154. The number of fused-ring (bicyclic) bond motifs is 1. The van der Waals surface area contributed by atoms with Gasteiger partial charge in [0.05, 0.1) is 12.1 Å². The topological polar surface area (TPSA) is 55.8 Å². The molecule has 0 N–H and O–H groups in total. The normalized spacial score (nSPS) is 14.5. The first-order valence-corrected chi connectivity index (χ1v) is 7.08. The third-order valence-corrected chi connectivity index (χ3v) is 3.06. The number of carbonyl (C=O) groups excluding carboxylic acids is 2. The van der Waals surface area contributed by atoms with Gasteiger partial charge in [-0.1, -0.05) is 11.6 Å². The summed E-state index contributed by atoms with van der Waals surface area (Å²) in [5.74, 6) is 0.0434. The van der Waals surface area contributed by atoms with Gasteiger partial charge in [-0.15, -0.1) is 0 Å². The zero-order valence-electron chi connectivity index (χ0n) is 12.3. The Morgan fingerprint density at radius 1 is 1.43 bits per heavy atom. The van der Waals surface area contributed by atoms with E-state index in [9.17, 15) is 9.59 Å². The molecule has 0 bridgehead atoms. The Hall–Kier alpha value is -1.75. The smallest absolute Gasteiger partial charge is 0.308 e. The van der Waals surface area contributed by atoms with Crippen LogP contribution in [0.5, 0.6) is 5.75 Å². The van der Waals surface area contributed by atoms with Gasteiger partial charge < -0.3 is 14.4 Å². The van der Waals surface area contributed by atoms with Crippen LogP contribution in [0, 0.1) is 0 Å². The molecule has 21 heavy (non-hydrogen) atoms. The highest BCUT2D eigenvalue weighted by atomic mass is 35.5. The average Bonchev–Trinajstić information content (AvgIpc) is 2.35. The molecule has 0 atom stereocenters. The molecule has 0 aromatic heterocycles. The van der Waals surface area contributed by atoms with Crippen LogP contribution in [0.3, 0.4) is 0 Å². The summed E-state index contributed by atoms with van der Waals surface area (Å²) in [6, 6.07) is 5.07. The van der Waals surface area contributed by atoms with E-state index in [1.807, 2.05) is 0 Å². The Bertz CT molecular complexity index is 565. The maximum absolute atomic E-state index is 12.0. The maximum atomic E-state index is 12.0. The predicted molar refractivity (Wildman–Crippen MR) is 79.8 cm³/mol. The first kappa shape index (κ1) is 15.6. The molecule has 0 saturated heterocycles. The Labute approximate surface area is 128 Å². The first-order valence-electron chi connectivity index (χ1n) is 6.71. The van der Waals surface area contributed by atoms with E-state index in [1.54, 1.807) is 39.0 Å². The number of hydrogen-bond acceptors (Lipinski definition) is 4. The van der Waals surface area contributed by atoms with Gasteiger partial charge in [-0.25, -0.2) is 0 Å². The van der Waals surface area contributed by atoms with Crippen molar-refractivity contribution in [1.29, 1.82) is 0 Å². The van der Waals surface area contributed by atoms with Gasteiger partial charge in [0.25, 0.3) is 5.91 Å². The van der Waals surface area contributed by atoms with E-state index in [2.05, 4.69) is 0 Å². The van der Waals surface area contributed by atoms with Crippen molar-refractivity contribution in [3.63, 3.8) is 0 Å². The van der Waals surface area contributed by atoms with Gasteiger partial charge in [-0.05, 0) is 39.0 Å². The first-order chi connectivity index (χ1) is 9.76. The van der Waals surface area contributed by atoms with Crippen LogP contribution >= 0.6 is 11.6 Å². The van der Waals surface area contributed by atoms with E-state index in [0.29, 0.717) is 16.5 Å². The van der Waals surface area contributed by atoms with Crippen molar-refractivity contribution in [3.8, 4) is 5.75 Å². The van der Waals surface area contributed by atoms with E-state index in [-0.39, 0.29) is 31.4 Å². The lowest BCUT2D eigenvalue weighted by Gasteiger charge is -2.29. The number of amides is 1. The van der Waals surface area contributed by atoms with Gasteiger partial charge in [0.2, 0.25) is 0 Å². The predicted octanol–water partition coefficient (Wildman–Crippen LogP) is 2.80. The van der Waals surface area contributed by atoms with Gasteiger partial charge in [-0.3, -0.25) is 9.59 Å². The Morgan fingerprint density at radius 2 is 2.14 bits per heavy atom. The number of anilines is 1. The molecule has 2 rings (SSSR count). The van der Waals surface area contributed by atoms with E-state index >= 15 is 0 Å². The van der Waals surface area contributed by atoms with Crippen molar-refractivity contribution in [2.45, 2.75) is 32.8 Å². The molecule has 0 unspecified atom stereocenters. The molecule has 0 saturated carbocycles. The van der Waals surface area contributed by atoms with Crippen LogP contribution < -0.4 is 9.64 Å². The average molecular weight is 312 g/mol. The quantitative estimate of drug-likeness (QED) is 0.805. The number of benzene rings is 1. The molecule has 1 aliphatic heterocycles. The molecule has 1 aromatic carbocycles. The van der Waals surface area contributed by atoms with Crippen LogP contribution in [0.2, 0.25) is 5.02 Å².